The summed E-state index contributed by atoms with van der Waals surface area (Å²) < 4.78 is 5.22. The summed E-state index contributed by atoms with van der Waals surface area (Å²) in [7, 11) is 2.18. The van der Waals surface area contributed by atoms with Crippen molar-refractivity contribution in [2.45, 2.75) is 71.1 Å². The molecule has 27 heavy (non-hydrogen) atoms. The number of likely N-dealkylation sites (tertiary alicyclic amines) is 1. The first-order valence-corrected chi connectivity index (χ1v) is 10.4. The molecule has 0 radical (unpaired) electrons. The second kappa shape index (κ2) is 9.73. The average molecular weight is 383 g/mol. The number of carbonyl (C=O) groups is 2. The number of amides is 2. The number of hydrogen-bond donors (Lipinski definition) is 1. The van der Waals surface area contributed by atoms with Crippen molar-refractivity contribution in [1.82, 2.24) is 20.0 Å². The van der Waals surface area contributed by atoms with Crippen LogP contribution in [0.15, 0.2) is 0 Å². The zero-order valence-electron chi connectivity index (χ0n) is 17.8. The van der Waals surface area contributed by atoms with Gasteiger partial charge in [0.05, 0.1) is 0 Å². The molecule has 7 nitrogen and oxygen atoms in total. The van der Waals surface area contributed by atoms with Crippen LogP contribution in [-0.4, -0.2) is 90.7 Å². The van der Waals surface area contributed by atoms with Crippen LogP contribution in [-0.2, 0) is 9.53 Å². The second-order valence-electron chi connectivity index (χ2n) is 8.91. The van der Waals surface area contributed by atoms with Gasteiger partial charge in [0.25, 0.3) is 0 Å². The lowest BCUT2D eigenvalue weighted by molar-refractivity contribution is -0.136. The summed E-state index contributed by atoms with van der Waals surface area (Å²) in [6, 6.07) is 0.869. The highest BCUT2D eigenvalue weighted by atomic mass is 16.6. The molecule has 2 rings (SSSR count). The Morgan fingerprint density at radius 2 is 1.78 bits per heavy atom. The van der Waals surface area contributed by atoms with Gasteiger partial charge in [0.1, 0.15) is 12.1 Å². The third kappa shape index (κ3) is 6.96. The van der Waals surface area contributed by atoms with Crippen LogP contribution in [0.5, 0.6) is 0 Å². The minimum absolute atomic E-state index is 0.00332. The zero-order chi connectivity index (χ0) is 20.0. The fraction of sp³-hybridized carbons (Fsp3) is 0.900. The lowest BCUT2D eigenvalue weighted by atomic mass is 9.99. The van der Waals surface area contributed by atoms with E-state index in [0.717, 1.165) is 45.6 Å². The predicted octanol–water partition coefficient (Wildman–Crippen LogP) is 1.92. The Balaban J connectivity index is 1.87. The zero-order valence-corrected chi connectivity index (χ0v) is 17.8. The van der Waals surface area contributed by atoms with E-state index in [0.29, 0.717) is 6.04 Å². The highest BCUT2D eigenvalue weighted by Crippen LogP contribution is 2.22. The highest BCUT2D eigenvalue weighted by molar-refractivity contribution is 5.82. The van der Waals surface area contributed by atoms with E-state index in [2.05, 4.69) is 29.1 Å². The van der Waals surface area contributed by atoms with E-state index in [-0.39, 0.29) is 18.5 Å². The molecule has 0 saturated carbocycles. The van der Waals surface area contributed by atoms with Gasteiger partial charge in [-0.1, -0.05) is 13.3 Å². The largest absolute Gasteiger partial charge is 0.444 e. The first-order chi connectivity index (χ1) is 12.7. The van der Waals surface area contributed by atoms with Crippen LogP contribution >= 0.6 is 0 Å². The Morgan fingerprint density at radius 1 is 1.11 bits per heavy atom. The molecule has 2 saturated heterocycles. The lowest BCUT2D eigenvalue weighted by Crippen LogP contribution is -2.60. The Labute approximate surface area is 164 Å². The minimum Gasteiger partial charge on any atom is -0.444 e. The van der Waals surface area contributed by atoms with E-state index in [4.69, 9.17) is 4.74 Å². The van der Waals surface area contributed by atoms with Gasteiger partial charge in [0.15, 0.2) is 0 Å². The van der Waals surface area contributed by atoms with Gasteiger partial charge in [-0.15, -0.1) is 0 Å². The first kappa shape index (κ1) is 22.0. The van der Waals surface area contributed by atoms with E-state index in [1.807, 2.05) is 25.7 Å². The molecule has 0 aromatic carbocycles. The second-order valence-corrected chi connectivity index (χ2v) is 8.91. The standard InChI is InChI=1S/C20H38N4O3/c1-6-7-17-15-23(16-8-10-22(5)11-9-16)12-13-24(17)18(25)14-21-19(26)27-20(2,3)4/h16-17H,6-15H2,1-5H3,(H,21,26). The molecule has 7 heteroatoms. The maximum absolute atomic E-state index is 12.7. The van der Waals surface area contributed by atoms with Gasteiger partial charge in [-0.25, -0.2) is 4.79 Å². The van der Waals surface area contributed by atoms with Gasteiger partial charge < -0.3 is 19.9 Å². The van der Waals surface area contributed by atoms with E-state index >= 15 is 0 Å². The molecule has 2 amide bonds. The van der Waals surface area contributed by atoms with Crippen LogP contribution in [0.1, 0.15) is 53.4 Å². The Morgan fingerprint density at radius 3 is 2.37 bits per heavy atom. The van der Waals surface area contributed by atoms with Crippen LogP contribution in [0, 0.1) is 0 Å². The van der Waals surface area contributed by atoms with Crippen molar-refractivity contribution in [2.24, 2.45) is 0 Å². The molecule has 0 spiro atoms. The number of nitrogens with zero attached hydrogens (tertiary/aromatic N) is 3. The summed E-state index contributed by atoms with van der Waals surface area (Å²) in [5.74, 6) is -0.0117. The maximum atomic E-state index is 12.7. The highest BCUT2D eigenvalue weighted by Gasteiger charge is 2.33. The van der Waals surface area contributed by atoms with Crippen LogP contribution in [0.25, 0.3) is 0 Å². The number of hydrogen-bond acceptors (Lipinski definition) is 5. The number of rotatable bonds is 5. The summed E-state index contributed by atoms with van der Waals surface area (Å²) >= 11 is 0. The molecule has 1 atom stereocenters. The fourth-order valence-electron chi connectivity index (χ4n) is 4.04. The van der Waals surface area contributed by atoms with Gasteiger partial charge >= 0.3 is 6.09 Å². The minimum atomic E-state index is -0.558. The number of piperazine rings is 1. The third-order valence-electron chi connectivity index (χ3n) is 5.44. The molecule has 0 aliphatic carbocycles. The van der Waals surface area contributed by atoms with Gasteiger partial charge in [-0.05, 0) is 60.2 Å². The molecule has 0 bridgehead atoms. The molecular formula is C20H38N4O3. The molecule has 2 fully saturated rings. The van der Waals surface area contributed by atoms with Crippen LogP contribution in [0.4, 0.5) is 4.79 Å². The predicted molar refractivity (Wildman–Crippen MR) is 107 cm³/mol. The normalized spacial score (nSPS) is 23.3. The first-order valence-electron chi connectivity index (χ1n) is 10.4. The van der Waals surface area contributed by atoms with Gasteiger partial charge in [0, 0.05) is 31.7 Å². The number of carbonyl (C=O) groups excluding carboxylic acids is 2. The van der Waals surface area contributed by atoms with Crippen molar-refractivity contribution in [3.63, 3.8) is 0 Å². The SMILES string of the molecule is CCCC1CN(C2CCN(C)CC2)CCN1C(=O)CNC(=O)OC(C)(C)C. The van der Waals surface area contributed by atoms with Crippen LogP contribution < -0.4 is 5.32 Å². The molecule has 2 aliphatic rings. The molecule has 2 aliphatic heterocycles. The van der Waals surface area contributed by atoms with Crippen molar-refractivity contribution in [1.29, 1.82) is 0 Å². The summed E-state index contributed by atoms with van der Waals surface area (Å²) in [5.41, 5.74) is -0.558. The monoisotopic (exact) mass is 382 g/mol. The van der Waals surface area contributed by atoms with Gasteiger partial charge in [0.2, 0.25) is 5.91 Å². The summed E-state index contributed by atoms with van der Waals surface area (Å²) in [5, 5.41) is 2.61. The fourth-order valence-corrected chi connectivity index (χ4v) is 4.04. The Bertz CT molecular complexity index is 498. The van der Waals surface area contributed by atoms with Crippen LogP contribution in [0.2, 0.25) is 0 Å². The molecule has 2 heterocycles. The van der Waals surface area contributed by atoms with E-state index in [1.54, 1.807) is 0 Å². The number of ether oxygens (including phenoxy) is 1. The Kier molecular flexibility index (Phi) is 7.91. The van der Waals surface area contributed by atoms with Gasteiger partial charge in [-0.2, -0.15) is 0 Å². The van der Waals surface area contributed by atoms with Crippen LogP contribution in [0.3, 0.4) is 0 Å². The number of alkyl carbamates (subject to hydrolysis) is 1. The topological polar surface area (TPSA) is 65.1 Å². The molecule has 0 aromatic heterocycles. The molecular weight excluding hydrogens is 344 g/mol. The van der Waals surface area contributed by atoms with Crippen molar-refractivity contribution in [2.75, 3.05) is 46.3 Å². The molecule has 156 valence electrons. The molecule has 1 unspecified atom stereocenters. The average Bonchev–Trinajstić information content (AvgIpc) is 2.59. The summed E-state index contributed by atoms with van der Waals surface area (Å²) in [6.07, 6.45) is 3.94. The van der Waals surface area contributed by atoms with Crippen molar-refractivity contribution in [3.05, 3.63) is 0 Å². The molecule has 0 aromatic rings. The van der Waals surface area contributed by atoms with E-state index < -0.39 is 11.7 Å². The third-order valence-corrected chi connectivity index (χ3v) is 5.44. The summed E-state index contributed by atoms with van der Waals surface area (Å²) in [4.78, 5) is 31.5. The molecule has 1 N–H and O–H groups in total. The van der Waals surface area contributed by atoms with E-state index in [1.165, 1.54) is 12.8 Å². The number of piperidine rings is 1. The van der Waals surface area contributed by atoms with E-state index in [9.17, 15) is 9.59 Å². The van der Waals surface area contributed by atoms with Gasteiger partial charge in [-0.3, -0.25) is 9.69 Å². The maximum Gasteiger partial charge on any atom is 0.408 e. The quantitative estimate of drug-likeness (QED) is 0.787. The summed E-state index contributed by atoms with van der Waals surface area (Å²) in [6.45, 7) is 12.5. The smallest absolute Gasteiger partial charge is 0.408 e. The van der Waals surface area contributed by atoms with Crippen molar-refractivity contribution in [3.8, 4) is 0 Å². The Hall–Kier alpha value is -1.34. The number of nitrogens with one attached hydrogen (secondary N) is 1. The van der Waals surface area contributed by atoms with Crippen molar-refractivity contribution >= 4 is 12.0 Å². The van der Waals surface area contributed by atoms with Crippen molar-refractivity contribution < 1.29 is 14.3 Å². The lowest BCUT2D eigenvalue weighted by Gasteiger charge is -2.46.